The van der Waals surface area contributed by atoms with Crippen LogP contribution in [0.15, 0.2) is 0 Å². The van der Waals surface area contributed by atoms with E-state index in [2.05, 4.69) is 39.6 Å². The highest BCUT2D eigenvalue weighted by Crippen LogP contribution is 2.34. The van der Waals surface area contributed by atoms with E-state index in [9.17, 15) is 5.11 Å². The van der Waals surface area contributed by atoms with Crippen molar-refractivity contribution in [3.05, 3.63) is 0 Å². The van der Waals surface area contributed by atoms with E-state index in [-0.39, 0.29) is 6.10 Å². The normalized spacial score (nSPS) is 37.7. The highest BCUT2D eigenvalue weighted by atomic mass is 16.3. The van der Waals surface area contributed by atoms with Crippen molar-refractivity contribution in [2.75, 3.05) is 13.6 Å². The molecule has 1 rings (SSSR count). The molecule has 2 heteroatoms. The first-order chi connectivity index (χ1) is 7.45. The SMILES string of the molecule is CCC(C)N(C)CC1C(C)CC(C)CC1O. The fraction of sp³-hybridized carbons (Fsp3) is 1.00. The lowest BCUT2D eigenvalue weighted by molar-refractivity contribution is -0.00332. The minimum Gasteiger partial charge on any atom is -0.393 e. The van der Waals surface area contributed by atoms with Crippen LogP contribution in [0.25, 0.3) is 0 Å². The predicted molar refractivity (Wildman–Crippen MR) is 69.4 cm³/mol. The second-order valence-electron chi connectivity index (χ2n) is 5.98. The molecule has 0 spiro atoms. The Balaban J connectivity index is 2.52. The zero-order valence-corrected chi connectivity index (χ0v) is 11.6. The quantitative estimate of drug-likeness (QED) is 0.798. The van der Waals surface area contributed by atoms with Crippen LogP contribution in [-0.4, -0.2) is 35.7 Å². The van der Waals surface area contributed by atoms with Gasteiger partial charge in [-0.05, 0) is 45.1 Å². The van der Waals surface area contributed by atoms with Crippen LogP contribution in [0, 0.1) is 17.8 Å². The van der Waals surface area contributed by atoms with Crippen molar-refractivity contribution >= 4 is 0 Å². The van der Waals surface area contributed by atoms with E-state index in [4.69, 9.17) is 0 Å². The molecule has 0 radical (unpaired) electrons. The van der Waals surface area contributed by atoms with Gasteiger partial charge in [-0.1, -0.05) is 20.8 Å². The van der Waals surface area contributed by atoms with Crippen molar-refractivity contribution in [3.63, 3.8) is 0 Å². The predicted octanol–water partition coefficient (Wildman–Crippen LogP) is 2.76. The maximum absolute atomic E-state index is 10.2. The average molecular weight is 227 g/mol. The van der Waals surface area contributed by atoms with Gasteiger partial charge in [0, 0.05) is 18.5 Å². The van der Waals surface area contributed by atoms with Crippen LogP contribution in [-0.2, 0) is 0 Å². The van der Waals surface area contributed by atoms with Crippen molar-refractivity contribution in [1.29, 1.82) is 0 Å². The third-order valence-electron chi connectivity index (χ3n) is 4.49. The number of nitrogens with zero attached hydrogens (tertiary/aromatic N) is 1. The average Bonchev–Trinajstić information content (AvgIpc) is 2.21. The van der Waals surface area contributed by atoms with Crippen molar-refractivity contribution in [2.45, 2.75) is 59.1 Å². The maximum Gasteiger partial charge on any atom is 0.0585 e. The molecule has 1 aliphatic rings. The van der Waals surface area contributed by atoms with E-state index < -0.39 is 0 Å². The molecule has 96 valence electrons. The first-order valence-electron chi connectivity index (χ1n) is 6.84. The van der Waals surface area contributed by atoms with E-state index in [1.807, 2.05) is 0 Å². The highest BCUT2D eigenvalue weighted by Gasteiger charge is 2.33. The van der Waals surface area contributed by atoms with Gasteiger partial charge in [0.05, 0.1) is 6.10 Å². The summed E-state index contributed by atoms with van der Waals surface area (Å²) >= 11 is 0. The Labute approximate surface area is 101 Å². The van der Waals surface area contributed by atoms with E-state index in [1.54, 1.807) is 0 Å². The molecular formula is C14H29NO. The molecule has 1 fully saturated rings. The molecule has 0 aromatic heterocycles. The minimum absolute atomic E-state index is 0.0924. The Morgan fingerprint density at radius 2 is 1.94 bits per heavy atom. The zero-order chi connectivity index (χ0) is 12.3. The molecule has 0 heterocycles. The highest BCUT2D eigenvalue weighted by molar-refractivity contribution is 4.85. The number of aliphatic hydroxyl groups is 1. The summed E-state index contributed by atoms with van der Waals surface area (Å²) < 4.78 is 0. The summed E-state index contributed by atoms with van der Waals surface area (Å²) in [4.78, 5) is 2.40. The van der Waals surface area contributed by atoms with Gasteiger partial charge in [0.1, 0.15) is 0 Å². The summed E-state index contributed by atoms with van der Waals surface area (Å²) in [5, 5.41) is 10.2. The molecule has 1 saturated carbocycles. The number of hydrogen-bond donors (Lipinski definition) is 1. The number of aliphatic hydroxyl groups excluding tert-OH is 1. The minimum atomic E-state index is -0.0924. The third kappa shape index (κ3) is 3.46. The Bertz CT molecular complexity index is 195. The summed E-state index contributed by atoms with van der Waals surface area (Å²) in [5.74, 6) is 1.82. The topological polar surface area (TPSA) is 23.5 Å². The van der Waals surface area contributed by atoms with Crippen LogP contribution in [0.2, 0.25) is 0 Å². The van der Waals surface area contributed by atoms with Crippen molar-refractivity contribution in [1.82, 2.24) is 4.90 Å². The van der Waals surface area contributed by atoms with Crippen molar-refractivity contribution in [2.24, 2.45) is 17.8 Å². The Morgan fingerprint density at radius 3 is 2.44 bits per heavy atom. The third-order valence-corrected chi connectivity index (χ3v) is 4.49. The molecule has 0 amide bonds. The van der Waals surface area contributed by atoms with Crippen LogP contribution in [0.4, 0.5) is 0 Å². The molecule has 1 aliphatic carbocycles. The van der Waals surface area contributed by atoms with Crippen LogP contribution in [0.1, 0.15) is 47.0 Å². The smallest absolute Gasteiger partial charge is 0.0585 e. The molecule has 0 aliphatic heterocycles. The van der Waals surface area contributed by atoms with Crippen LogP contribution >= 0.6 is 0 Å². The van der Waals surface area contributed by atoms with Gasteiger partial charge >= 0.3 is 0 Å². The number of hydrogen-bond acceptors (Lipinski definition) is 2. The number of rotatable bonds is 4. The fourth-order valence-electron chi connectivity index (χ4n) is 3.00. The standard InChI is InChI=1S/C14H29NO/c1-6-12(4)15(5)9-13-11(3)7-10(2)8-14(13)16/h10-14,16H,6-9H2,1-5H3. The van der Waals surface area contributed by atoms with Gasteiger partial charge in [-0.3, -0.25) is 0 Å². The van der Waals surface area contributed by atoms with Crippen LogP contribution in [0.3, 0.4) is 0 Å². The molecule has 0 saturated heterocycles. The summed E-state index contributed by atoms with van der Waals surface area (Å²) in [7, 11) is 2.19. The van der Waals surface area contributed by atoms with E-state index >= 15 is 0 Å². The summed E-state index contributed by atoms with van der Waals surface area (Å²) in [5.41, 5.74) is 0. The summed E-state index contributed by atoms with van der Waals surface area (Å²) in [6, 6.07) is 0.624. The van der Waals surface area contributed by atoms with E-state index in [0.717, 1.165) is 13.0 Å². The van der Waals surface area contributed by atoms with Gasteiger partial charge in [-0.2, -0.15) is 0 Å². The molecule has 16 heavy (non-hydrogen) atoms. The molecule has 0 aromatic rings. The first-order valence-corrected chi connectivity index (χ1v) is 6.84. The van der Waals surface area contributed by atoms with Gasteiger partial charge in [0.25, 0.3) is 0 Å². The van der Waals surface area contributed by atoms with Gasteiger partial charge in [0.15, 0.2) is 0 Å². The van der Waals surface area contributed by atoms with Gasteiger partial charge in [-0.25, -0.2) is 0 Å². The Hall–Kier alpha value is -0.0800. The molecule has 0 bridgehead atoms. The lowest BCUT2D eigenvalue weighted by Gasteiger charge is -2.40. The van der Waals surface area contributed by atoms with E-state index in [1.165, 1.54) is 12.8 Å². The lowest BCUT2D eigenvalue weighted by atomic mass is 9.73. The second-order valence-corrected chi connectivity index (χ2v) is 5.98. The Kier molecular flexibility index (Phi) is 5.26. The maximum atomic E-state index is 10.2. The van der Waals surface area contributed by atoms with Crippen LogP contribution < -0.4 is 0 Å². The second kappa shape index (κ2) is 6.02. The summed E-state index contributed by atoms with van der Waals surface area (Å²) in [6.45, 7) is 10.1. The first kappa shape index (κ1) is 14.0. The monoisotopic (exact) mass is 227 g/mol. The molecular weight excluding hydrogens is 198 g/mol. The van der Waals surface area contributed by atoms with E-state index in [0.29, 0.717) is 23.8 Å². The molecule has 0 aromatic carbocycles. The summed E-state index contributed by atoms with van der Waals surface area (Å²) in [6.07, 6.45) is 3.36. The largest absolute Gasteiger partial charge is 0.393 e. The van der Waals surface area contributed by atoms with Gasteiger partial charge < -0.3 is 10.0 Å². The van der Waals surface area contributed by atoms with Gasteiger partial charge in [-0.15, -0.1) is 0 Å². The lowest BCUT2D eigenvalue weighted by Crippen LogP contribution is -2.43. The van der Waals surface area contributed by atoms with Gasteiger partial charge in [0.2, 0.25) is 0 Å². The molecule has 2 nitrogen and oxygen atoms in total. The Morgan fingerprint density at radius 1 is 1.31 bits per heavy atom. The molecule has 5 atom stereocenters. The van der Waals surface area contributed by atoms with Crippen molar-refractivity contribution in [3.8, 4) is 0 Å². The molecule has 1 N–H and O–H groups in total. The zero-order valence-electron chi connectivity index (χ0n) is 11.6. The van der Waals surface area contributed by atoms with Crippen LogP contribution in [0.5, 0.6) is 0 Å². The molecule has 5 unspecified atom stereocenters. The van der Waals surface area contributed by atoms with Crippen molar-refractivity contribution < 1.29 is 5.11 Å². The fourth-order valence-corrected chi connectivity index (χ4v) is 3.00.